The van der Waals surface area contributed by atoms with Gasteiger partial charge in [-0.05, 0) is 31.0 Å². The Kier molecular flexibility index (Phi) is 4.78. The number of hydrogen-bond acceptors (Lipinski definition) is 7. The Morgan fingerprint density at radius 3 is 3.07 bits per heavy atom. The van der Waals surface area contributed by atoms with E-state index < -0.39 is 0 Å². The van der Waals surface area contributed by atoms with E-state index in [-0.39, 0.29) is 11.8 Å². The Morgan fingerprint density at radius 1 is 1.33 bits per heavy atom. The Balaban J connectivity index is 1.50. The van der Waals surface area contributed by atoms with Gasteiger partial charge in [-0.2, -0.15) is 4.98 Å². The Labute approximate surface area is 156 Å². The molecule has 1 aliphatic rings. The van der Waals surface area contributed by atoms with Crippen molar-refractivity contribution in [1.29, 1.82) is 0 Å². The van der Waals surface area contributed by atoms with Crippen molar-refractivity contribution < 1.29 is 14.1 Å². The van der Waals surface area contributed by atoms with E-state index >= 15 is 0 Å². The van der Waals surface area contributed by atoms with Crippen molar-refractivity contribution in [2.24, 2.45) is 0 Å². The van der Waals surface area contributed by atoms with Crippen molar-refractivity contribution >= 4 is 5.91 Å². The smallest absolute Gasteiger partial charge is 0.278 e. The molecule has 0 aliphatic carbocycles. The highest BCUT2D eigenvalue weighted by Crippen LogP contribution is 2.27. The summed E-state index contributed by atoms with van der Waals surface area (Å²) < 4.78 is 10.5. The average molecular weight is 365 g/mol. The van der Waals surface area contributed by atoms with E-state index in [9.17, 15) is 4.79 Å². The van der Waals surface area contributed by atoms with Crippen LogP contribution in [0.5, 0.6) is 5.75 Å². The first-order valence-corrected chi connectivity index (χ1v) is 8.78. The minimum atomic E-state index is -0.0174. The molecule has 1 aromatic carbocycles. The Morgan fingerprint density at radius 2 is 2.26 bits per heavy atom. The average Bonchev–Trinajstić information content (AvgIpc) is 3.24. The van der Waals surface area contributed by atoms with E-state index in [1.807, 2.05) is 17.0 Å². The predicted octanol–water partition coefficient (Wildman–Crippen LogP) is 2.56. The SMILES string of the molecule is COc1cccc(C(=O)N2CCCC(c3noc(-c4cnccn4)n3)C2)c1. The molecule has 0 saturated carbocycles. The molecular weight excluding hydrogens is 346 g/mol. The highest BCUT2D eigenvalue weighted by atomic mass is 16.5. The number of nitrogens with zero attached hydrogens (tertiary/aromatic N) is 5. The lowest BCUT2D eigenvalue weighted by Gasteiger charge is -2.31. The Hall–Kier alpha value is -3.29. The number of carbonyl (C=O) groups excluding carboxylic acids is 1. The van der Waals surface area contributed by atoms with Crippen molar-refractivity contribution in [3.8, 4) is 17.3 Å². The van der Waals surface area contributed by atoms with Crippen LogP contribution < -0.4 is 4.74 Å². The van der Waals surface area contributed by atoms with Gasteiger partial charge in [-0.15, -0.1) is 0 Å². The molecule has 3 aromatic rings. The molecule has 0 radical (unpaired) electrons. The van der Waals surface area contributed by atoms with Crippen LogP contribution in [0.3, 0.4) is 0 Å². The van der Waals surface area contributed by atoms with Gasteiger partial charge in [-0.1, -0.05) is 11.2 Å². The second-order valence-corrected chi connectivity index (χ2v) is 6.37. The van der Waals surface area contributed by atoms with Crippen molar-refractivity contribution in [2.45, 2.75) is 18.8 Å². The summed E-state index contributed by atoms with van der Waals surface area (Å²) in [6, 6.07) is 7.20. The van der Waals surface area contributed by atoms with Crippen LogP contribution in [0.4, 0.5) is 0 Å². The van der Waals surface area contributed by atoms with Gasteiger partial charge < -0.3 is 14.2 Å². The number of rotatable bonds is 4. The van der Waals surface area contributed by atoms with Gasteiger partial charge in [0, 0.05) is 37.0 Å². The lowest BCUT2D eigenvalue weighted by molar-refractivity contribution is 0.0703. The maximum atomic E-state index is 12.9. The molecule has 1 aliphatic heterocycles. The molecule has 0 bridgehead atoms. The molecule has 2 aromatic heterocycles. The zero-order chi connectivity index (χ0) is 18.6. The van der Waals surface area contributed by atoms with Crippen LogP contribution in [-0.2, 0) is 0 Å². The molecule has 8 heteroatoms. The second-order valence-electron chi connectivity index (χ2n) is 6.37. The Bertz CT molecular complexity index is 928. The van der Waals surface area contributed by atoms with Gasteiger partial charge >= 0.3 is 0 Å². The number of piperidine rings is 1. The van der Waals surface area contributed by atoms with Gasteiger partial charge in [-0.25, -0.2) is 4.98 Å². The maximum absolute atomic E-state index is 12.9. The van der Waals surface area contributed by atoms with Gasteiger partial charge in [0.15, 0.2) is 5.82 Å². The molecule has 138 valence electrons. The molecule has 1 amide bonds. The zero-order valence-electron chi connectivity index (χ0n) is 14.9. The number of amides is 1. The van der Waals surface area contributed by atoms with Crippen LogP contribution in [0.1, 0.15) is 34.9 Å². The van der Waals surface area contributed by atoms with Gasteiger partial charge in [-0.3, -0.25) is 9.78 Å². The van der Waals surface area contributed by atoms with Gasteiger partial charge in [0.05, 0.1) is 13.3 Å². The number of aromatic nitrogens is 4. The largest absolute Gasteiger partial charge is 0.497 e. The van der Waals surface area contributed by atoms with Crippen LogP contribution in [-0.4, -0.2) is 51.1 Å². The summed E-state index contributed by atoms with van der Waals surface area (Å²) in [6.07, 6.45) is 6.53. The normalized spacial score (nSPS) is 16.9. The number of hydrogen-bond donors (Lipinski definition) is 0. The van der Waals surface area contributed by atoms with Crippen molar-refractivity contribution in [1.82, 2.24) is 25.0 Å². The maximum Gasteiger partial charge on any atom is 0.278 e. The van der Waals surface area contributed by atoms with E-state index in [2.05, 4.69) is 20.1 Å². The first-order valence-electron chi connectivity index (χ1n) is 8.78. The predicted molar refractivity (Wildman–Crippen MR) is 96.2 cm³/mol. The lowest BCUT2D eigenvalue weighted by Crippen LogP contribution is -2.39. The fourth-order valence-electron chi connectivity index (χ4n) is 3.23. The zero-order valence-corrected chi connectivity index (χ0v) is 14.9. The number of methoxy groups -OCH3 is 1. The summed E-state index contributed by atoms with van der Waals surface area (Å²) in [5, 5.41) is 4.10. The fourth-order valence-corrected chi connectivity index (χ4v) is 3.23. The lowest BCUT2D eigenvalue weighted by atomic mass is 9.96. The third kappa shape index (κ3) is 3.64. The van der Waals surface area contributed by atoms with Crippen LogP contribution in [0, 0.1) is 0 Å². The molecule has 0 N–H and O–H groups in total. The molecule has 4 rings (SSSR count). The van der Waals surface area contributed by atoms with Crippen LogP contribution in [0.25, 0.3) is 11.6 Å². The van der Waals surface area contributed by atoms with Crippen LogP contribution >= 0.6 is 0 Å². The molecule has 1 saturated heterocycles. The summed E-state index contributed by atoms with van der Waals surface area (Å²) in [6.45, 7) is 1.26. The van der Waals surface area contributed by atoms with E-state index in [1.54, 1.807) is 37.8 Å². The summed E-state index contributed by atoms with van der Waals surface area (Å²) in [5.41, 5.74) is 1.15. The summed E-state index contributed by atoms with van der Waals surface area (Å²) >= 11 is 0. The van der Waals surface area contributed by atoms with E-state index in [1.165, 1.54) is 0 Å². The van der Waals surface area contributed by atoms with Crippen LogP contribution in [0.15, 0.2) is 47.4 Å². The molecule has 8 nitrogen and oxygen atoms in total. The molecule has 1 fully saturated rings. The highest BCUT2D eigenvalue weighted by Gasteiger charge is 2.29. The minimum Gasteiger partial charge on any atom is -0.497 e. The quantitative estimate of drug-likeness (QED) is 0.701. The van der Waals surface area contributed by atoms with E-state index in [0.717, 1.165) is 12.8 Å². The number of ether oxygens (including phenoxy) is 1. The minimum absolute atomic E-state index is 0.0174. The standard InChI is InChI=1S/C19H19N5O3/c1-26-15-6-2-4-13(10-15)19(25)24-9-3-5-14(12-24)17-22-18(27-23-17)16-11-20-7-8-21-16/h2,4,6-8,10-11,14H,3,5,9,12H2,1H3. The highest BCUT2D eigenvalue weighted by molar-refractivity contribution is 5.94. The molecule has 3 heterocycles. The summed E-state index contributed by atoms with van der Waals surface area (Å²) in [4.78, 5) is 27.3. The van der Waals surface area contributed by atoms with Crippen molar-refractivity contribution in [2.75, 3.05) is 20.2 Å². The number of likely N-dealkylation sites (tertiary alicyclic amines) is 1. The molecule has 1 atom stereocenters. The van der Waals surface area contributed by atoms with Crippen molar-refractivity contribution in [3.63, 3.8) is 0 Å². The topological polar surface area (TPSA) is 94.2 Å². The first-order chi connectivity index (χ1) is 13.2. The summed E-state index contributed by atoms with van der Waals surface area (Å²) in [5.74, 6) is 1.62. The van der Waals surface area contributed by atoms with E-state index in [4.69, 9.17) is 9.26 Å². The number of carbonyl (C=O) groups is 1. The molecular formula is C19H19N5O3. The third-order valence-corrected chi connectivity index (χ3v) is 4.61. The fraction of sp³-hybridized carbons (Fsp3) is 0.316. The summed E-state index contributed by atoms with van der Waals surface area (Å²) in [7, 11) is 1.59. The second kappa shape index (κ2) is 7.53. The van der Waals surface area contributed by atoms with Gasteiger partial charge in [0.2, 0.25) is 0 Å². The number of benzene rings is 1. The van der Waals surface area contributed by atoms with E-state index in [0.29, 0.717) is 41.8 Å². The van der Waals surface area contributed by atoms with Gasteiger partial charge in [0.1, 0.15) is 11.4 Å². The molecule has 0 spiro atoms. The van der Waals surface area contributed by atoms with Crippen LogP contribution in [0.2, 0.25) is 0 Å². The monoisotopic (exact) mass is 365 g/mol. The van der Waals surface area contributed by atoms with Gasteiger partial charge in [0.25, 0.3) is 11.8 Å². The first kappa shape index (κ1) is 17.1. The third-order valence-electron chi connectivity index (χ3n) is 4.61. The molecule has 1 unspecified atom stereocenters. The van der Waals surface area contributed by atoms with Crippen molar-refractivity contribution in [3.05, 3.63) is 54.2 Å². The molecule has 27 heavy (non-hydrogen) atoms.